The number of nitrogens with zero attached hydrogens (tertiary/aromatic N) is 3. The highest BCUT2D eigenvalue weighted by Crippen LogP contribution is 2.42. The molecule has 3 aliphatic heterocycles. The van der Waals surface area contributed by atoms with Gasteiger partial charge in [0.15, 0.2) is 12.6 Å². The molecule has 4 heterocycles. The van der Waals surface area contributed by atoms with Crippen LogP contribution in [0.1, 0.15) is 115 Å². The zero-order valence-corrected chi connectivity index (χ0v) is 39.5. The summed E-state index contributed by atoms with van der Waals surface area (Å²) in [6, 6.07) is 1.91. The Morgan fingerprint density at radius 2 is 1.65 bits per heavy atom. The molecular weight excluding hydrogens is 805 g/mol. The Morgan fingerprint density at radius 3 is 2.24 bits per heavy atom. The first-order chi connectivity index (χ1) is 28.9. The monoisotopic (exact) mass is 883 g/mol. The maximum Gasteiger partial charge on any atom is 0.311 e. The second kappa shape index (κ2) is 21.7. The molecule has 17 nitrogen and oxygen atoms in total. The van der Waals surface area contributed by atoms with Gasteiger partial charge in [-0.05, 0) is 93.7 Å². The molecule has 17 heteroatoms. The number of ether oxygens (including phenoxy) is 7. The number of rotatable bonds is 12. The minimum atomic E-state index is -1.98. The van der Waals surface area contributed by atoms with Crippen LogP contribution in [0, 0.1) is 23.7 Å². The van der Waals surface area contributed by atoms with Gasteiger partial charge in [0.2, 0.25) is 0 Å². The molecule has 0 bridgehead atoms. The first-order valence-corrected chi connectivity index (χ1v) is 22.4. The molecule has 1 unspecified atom stereocenters. The van der Waals surface area contributed by atoms with Crippen molar-refractivity contribution in [3.8, 4) is 0 Å². The summed E-state index contributed by atoms with van der Waals surface area (Å²) in [6.07, 6.45) is -4.89. The highest BCUT2D eigenvalue weighted by atomic mass is 16.7. The zero-order chi connectivity index (χ0) is 46.5. The van der Waals surface area contributed by atoms with Crippen molar-refractivity contribution < 1.29 is 63.2 Å². The van der Waals surface area contributed by atoms with Gasteiger partial charge in [-0.25, -0.2) is 9.97 Å². The predicted molar refractivity (Wildman–Crippen MR) is 229 cm³/mol. The molecule has 0 aromatic carbocycles. The molecule has 5 N–H and O–H groups in total. The van der Waals surface area contributed by atoms with Crippen LogP contribution in [0.3, 0.4) is 0 Å². The SMILES string of the molecule is CC[C@H]1OC(=O)[C@H](C)[C@@H](OC2C[C@@](C)(OC)[C@@H](O)[C@H](C)O2)[C@H](C)[C@@H](O[C@H]2C[C@@H](N(C)C(C)C)C[C@@H](C)O2)[C@](C)(O)C[C@@H](C)[C@H](OCC(=O)Nc2ccncn2)[C@H](C)[C@@H](O)[C@]1(C)O. The number of methoxy groups -OCH3 is 1. The Kier molecular flexibility index (Phi) is 18.3. The van der Waals surface area contributed by atoms with Crippen molar-refractivity contribution in [2.45, 2.75) is 205 Å². The molecular formula is C45H78N4O13. The fourth-order valence-corrected chi connectivity index (χ4v) is 9.89. The number of hydrogen-bond donors (Lipinski definition) is 5. The molecule has 62 heavy (non-hydrogen) atoms. The van der Waals surface area contributed by atoms with Crippen molar-refractivity contribution >= 4 is 17.7 Å². The van der Waals surface area contributed by atoms with Gasteiger partial charge in [-0.3, -0.25) is 9.59 Å². The standard InChI is InChI=1S/C45H78N4O13/c1-15-32-45(12,55)39(51)27(6)37(57-22-34(50)48-33-16-17-46-23-47-33)25(4)20-43(10,54)41(62-35-19-31(18-26(5)58-35)49(13)24(2)3)28(7)38(29(8)42(53)60-32)61-36-21-44(11,56-14)40(52)30(9)59-36/h16-17,23-32,35-41,51-52,54-55H,15,18-22H2,1-14H3,(H,46,47,48,50)/t25-,26-,27+,28+,29-,30+,31+,32-,35+,36?,37+,38+,39-,40+,41-,43-,44-,45-/m1/s1. The maximum absolute atomic E-state index is 14.4. The molecule has 3 saturated heterocycles. The number of esters is 1. The van der Waals surface area contributed by atoms with Crippen LogP contribution < -0.4 is 5.32 Å². The van der Waals surface area contributed by atoms with Crippen LogP contribution in [-0.2, 0) is 42.7 Å². The molecule has 1 aromatic heterocycles. The van der Waals surface area contributed by atoms with Crippen LogP contribution in [0.25, 0.3) is 0 Å². The summed E-state index contributed by atoms with van der Waals surface area (Å²) in [6.45, 7) is 21.2. The third-order valence-corrected chi connectivity index (χ3v) is 13.8. The molecule has 18 atom stereocenters. The summed E-state index contributed by atoms with van der Waals surface area (Å²) in [4.78, 5) is 37.9. The highest BCUT2D eigenvalue weighted by molar-refractivity contribution is 5.90. The first kappa shape index (κ1) is 52.2. The van der Waals surface area contributed by atoms with Crippen molar-refractivity contribution in [3.63, 3.8) is 0 Å². The number of cyclic esters (lactones) is 1. The average molecular weight is 883 g/mol. The van der Waals surface area contributed by atoms with Crippen molar-refractivity contribution in [2.24, 2.45) is 23.7 Å². The minimum absolute atomic E-state index is 0.0185. The van der Waals surface area contributed by atoms with Gasteiger partial charge in [0.05, 0.1) is 53.7 Å². The fraction of sp³-hybridized carbons (Fsp3) is 0.867. The van der Waals surface area contributed by atoms with Gasteiger partial charge in [-0.2, -0.15) is 0 Å². The van der Waals surface area contributed by atoms with E-state index in [9.17, 15) is 30.0 Å². The van der Waals surface area contributed by atoms with Crippen LogP contribution >= 0.6 is 0 Å². The summed E-state index contributed by atoms with van der Waals surface area (Å²) < 4.78 is 44.7. The largest absolute Gasteiger partial charge is 0.459 e. The smallest absolute Gasteiger partial charge is 0.311 e. The average Bonchev–Trinajstić information content (AvgIpc) is 3.21. The number of aliphatic hydroxyl groups excluding tert-OH is 2. The predicted octanol–water partition coefficient (Wildman–Crippen LogP) is 3.84. The topological polar surface area (TPSA) is 221 Å². The molecule has 4 rings (SSSR count). The van der Waals surface area contributed by atoms with E-state index in [0.717, 1.165) is 6.42 Å². The number of aromatic nitrogens is 2. The summed E-state index contributed by atoms with van der Waals surface area (Å²) in [7, 11) is 3.58. The lowest BCUT2D eigenvalue weighted by atomic mass is 9.73. The third-order valence-electron chi connectivity index (χ3n) is 13.8. The Morgan fingerprint density at radius 1 is 0.968 bits per heavy atom. The van der Waals surface area contributed by atoms with E-state index in [1.807, 2.05) is 20.8 Å². The minimum Gasteiger partial charge on any atom is -0.459 e. The second-order valence-electron chi connectivity index (χ2n) is 19.3. The molecule has 0 spiro atoms. The summed E-state index contributed by atoms with van der Waals surface area (Å²) in [5.41, 5.74) is -4.72. The van der Waals surface area contributed by atoms with Crippen LogP contribution in [0.5, 0.6) is 0 Å². The molecule has 1 aromatic rings. The van der Waals surface area contributed by atoms with Gasteiger partial charge in [-0.1, -0.05) is 27.7 Å². The van der Waals surface area contributed by atoms with E-state index in [-0.39, 0.29) is 43.3 Å². The van der Waals surface area contributed by atoms with E-state index in [1.54, 1.807) is 41.5 Å². The highest BCUT2D eigenvalue weighted by Gasteiger charge is 2.53. The van der Waals surface area contributed by atoms with Gasteiger partial charge in [0.1, 0.15) is 36.6 Å². The van der Waals surface area contributed by atoms with E-state index in [1.165, 1.54) is 32.6 Å². The summed E-state index contributed by atoms with van der Waals surface area (Å²) in [5, 5.41) is 50.7. The van der Waals surface area contributed by atoms with E-state index >= 15 is 0 Å². The van der Waals surface area contributed by atoms with Crippen LogP contribution in [-0.4, -0.2) is 158 Å². The summed E-state index contributed by atoms with van der Waals surface area (Å²) in [5.74, 6) is -4.17. The lowest BCUT2D eigenvalue weighted by Crippen LogP contribution is -2.60. The molecule has 1 amide bonds. The maximum atomic E-state index is 14.4. The van der Waals surface area contributed by atoms with Crippen molar-refractivity contribution in [1.82, 2.24) is 14.9 Å². The molecule has 3 aliphatic rings. The first-order valence-electron chi connectivity index (χ1n) is 22.4. The number of amides is 1. The zero-order valence-electron chi connectivity index (χ0n) is 39.5. The van der Waals surface area contributed by atoms with E-state index in [4.69, 9.17) is 33.2 Å². The van der Waals surface area contributed by atoms with Crippen LogP contribution in [0.15, 0.2) is 18.6 Å². The van der Waals surface area contributed by atoms with Gasteiger partial charge in [0, 0.05) is 50.1 Å². The van der Waals surface area contributed by atoms with Crippen molar-refractivity contribution in [1.29, 1.82) is 0 Å². The summed E-state index contributed by atoms with van der Waals surface area (Å²) >= 11 is 0. The number of hydrogen-bond acceptors (Lipinski definition) is 16. The Bertz CT molecular complexity index is 1570. The van der Waals surface area contributed by atoms with E-state index in [2.05, 4.69) is 41.1 Å². The molecule has 3 fully saturated rings. The quantitative estimate of drug-likeness (QED) is 0.188. The number of nitrogens with one attached hydrogen (secondary N) is 1. The molecule has 0 saturated carbocycles. The van der Waals surface area contributed by atoms with Gasteiger partial charge >= 0.3 is 5.97 Å². The number of carbonyl (C=O) groups excluding carboxylic acids is 2. The fourth-order valence-electron chi connectivity index (χ4n) is 9.89. The lowest BCUT2D eigenvalue weighted by molar-refractivity contribution is -0.309. The third kappa shape index (κ3) is 12.5. The number of aliphatic hydroxyl groups is 4. The van der Waals surface area contributed by atoms with Gasteiger partial charge in [0.25, 0.3) is 5.91 Å². The molecule has 356 valence electrons. The normalized spacial score (nSPS) is 42.9. The molecule has 0 radical (unpaired) electrons. The second-order valence-corrected chi connectivity index (χ2v) is 19.3. The number of anilines is 1. The van der Waals surface area contributed by atoms with E-state index < -0.39 is 114 Å². The Labute approximate surface area is 368 Å². The van der Waals surface area contributed by atoms with Crippen LogP contribution in [0.4, 0.5) is 5.82 Å². The molecule has 0 aliphatic carbocycles. The van der Waals surface area contributed by atoms with Crippen molar-refractivity contribution in [3.05, 3.63) is 18.6 Å². The Balaban J connectivity index is 1.82. The van der Waals surface area contributed by atoms with Gasteiger partial charge < -0.3 is 63.8 Å². The van der Waals surface area contributed by atoms with Crippen molar-refractivity contribution in [2.75, 3.05) is 26.1 Å². The van der Waals surface area contributed by atoms with Crippen LogP contribution in [0.2, 0.25) is 0 Å². The Hall–Kier alpha value is -2.42. The number of carbonyl (C=O) groups is 2. The van der Waals surface area contributed by atoms with Gasteiger partial charge in [-0.15, -0.1) is 0 Å². The lowest BCUT2D eigenvalue weighted by Gasteiger charge is -2.49. The van der Waals surface area contributed by atoms with E-state index in [0.29, 0.717) is 6.42 Å².